The van der Waals surface area contributed by atoms with Crippen molar-refractivity contribution in [2.75, 3.05) is 6.61 Å². The normalized spacial score (nSPS) is 14.2. The Balaban J connectivity index is 2.47. The van der Waals surface area contributed by atoms with Gasteiger partial charge in [-0.3, -0.25) is 4.90 Å². The van der Waals surface area contributed by atoms with Crippen molar-refractivity contribution in [3.05, 3.63) is 41.3 Å². The predicted molar refractivity (Wildman–Crippen MR) is 120 cm³/mol. The molecule has 0 aliphatic heterocycles. The third-order valence-electron chi connectivity index (χ3n) is 5.00. The molecule has 2 aromatic rings. The zero-order valence-corrected chi connectivity index (χ0v) is 20.3. The lowest BCUT2D eigenvalue weighted by molar-refractivity contribution is -0.139. The molecule has 33 heavy (non-hydrogen) atoms. The second-order valence-electron chi connectivity index (χ2n) is 9.59. The van der Waals surface area contributed by atoms with Gasteiger partial charge in [-0.15, -0.1) is 0 Å². The number of benzene rings is 1. The molecule has 0 aliphatic carbocycles. The number of rotatable bonds is 7. The first-order chi connectivity index (χ1) is 15.0. The van der Waals surface area contributed by atoms with Crippen molar-refractivity contribution in [2.24, 2.45) is 5.92 Å². The molecule has 10 heteroatoms. The molecule has 0 saturated carbocycles. The van der Waals surface area contributed by atoms with E-state index in [0.29, 0.717) is 6.42 Å². The summed E-state index contributed by atoms with van der Waals surface area (Å²) in [5.41, 5.74) is -2.41. The van der Waals surface area contributed by atoms with Gasteiger partial charge in [0, 0.05) is 17.3 Å². The lowest BCUT2D eigenvalue weighted by Crippen LogP contribution is -2.61. The van der Waals surface area contributed by atoms with E-state index in [-0.39, 0.29) is 34.8 Å². The molecule has 0 aliphatic rings. The molecule has 0 radical (unpaired) electrons. The number of alkyl halides is 3. The van der Waals surface area contributed by atoms with Crippen LogP contribution in [0.5, 0.6) is 5.75 Å². The first kappa shape index (κ1) is 26.7. The molecule has 0 unspecified atom stereocenters. The summed E-state index contributed by atoms with van der Waals surface area (Å²) in [5, 5.41) is 9.81. The van der Waals surface area contributed by atoms with Crippen LogP contribution >= 0.6 is 11.6 Å². The van der Waals surface area contributed by atoms with Crippen molar-refractivity contribution < 1.29 is 27.8 Å². The summed E-state index contributed by atoms with van der Waals surface area (Å²) in [5.74, 6) is -0.310. The molecule has 2 rings (SSSR count). The Bertz CT molecular complexity index is 993. The highest BCUT2D eigenvalue weighted by Crippen LogP contribution is 2.40. The van der Waals surface area contributed by atoms with Gasteiger partial charge in [0.15, 0.2) is 0 Å². The lowest BCUT2D eigenvalue weighted by atomic mass is 9.86. The number of aromatic nitrogens is 2. The molecule has 1 atom stereocenters. The third kappa shape index (κ3) is 6.72. The number of amides is 1. The third-order valence-corrected chi connectivity index (χ3v) is 5.18. The highest BCUT2D eigenvalue weighted by molar-refractivity contribution is 6.28. The van der Waals surface area contributed by atoms with E-state index in [1.54, 1.807) is 27.7 Å². The minimum Gasteiger partial charge on any atom is -0.491 e. The monoisotopic (exact) mass is 487 g/mol. The largest absolute Gasteiger partial charge is 0.491 e. The zero-order chi connectivity index (χ0) is 25.2. The second kappa shape index (κ2) is 9.75. The van der Waals surface area contributed by atoms with Gasteiger partial charge in [0.1, 0.15) is 12.4 Å². The molecule has 0 bridgehead atoms. The summed E-state index contributed by atoms with van der Waals surface area (Å²) in [6.45, 7) is 10.5. The Kier molecular flexibility index (Phi) is 7.89. The number of hydrogen-bond acceptors (Lipinski definition) is 4. The average molecular weight is 488 g/mol. The van der Waals surface area contributed by atoms with Crippen LogP contribution in [-0.4, -0.2) is 43.8 Å². The van der Waals surface area contributed by atoms with E-state index < -0.39 is 28.9 Å². The minimum absolute atomic E-state index is 0.0785. The van der Waals surface area contributed by atoms with E-state index >= 15 is 0 Å². The first-order valence-electron chi connectivity index (χ1n) is 10.4. The van der Waals surface area contributed by atoms with Crippen LogP contribution in [0.15, 0.2) is 30.5 Å². The van der Waals surface area contributed by atoms with Gasteiger partial charge in [0.2, 0.25) is 5.28 Å². The summed E-state index contributed by atoms with van der Waals surface area (Å²) >= 11 is 5.77. The van der Waals surface area contributed by atoms with Gasteiger partial charge < -0.3 is 9.84 Å². The van der Waals surface area contributed by atoms with Gasteiger partial charge in [-0.25, -0.2) is 14.8 Å². The average Bonchev–Trinajstić information content (AvgIpc) is 2.63. The Morgan fingerprint density at radius 1 is 1.18 bits per heavy atom. The van der Waals surface area contributed by atoms with E-state index in [0.717, 1.165) is 6.07 Å². The standard InChI is InChI=1S/C23H29ClF3N3O3/c1-14(2)12-22(6,30(20(31)32)21(3,4)5)13-33-18-8-7-15(11-16(18)23(25,26)27)17-9-10-28-19(24)29-17/h7-11,14H,12-13H2,1-6H3,(H,31,32)/t22-/m0/s1. The van der Waals surface area contributed by atoms with Crippen LogP contribution in [0.4, 0.5) is 18.0 Å². The molecule has 0 fully saturated rings. The summed E-state index contributed by atoms with van der Waals surface area (Å²) in [7, 11) is 0. The lowest BCUT2D eigenvalue weighted by Gasteiger charge is -2.47. The molecular formula is C23H29ClF3N3O3. The Hall–Kier alpha value is -2.55. The van der Waals surface area contributed by atoms with E-state index in [1.165, 1.54) is 29.3 Å². The number of ether oxygens (including phenoxy) is 1. The number of nitrogens with zero attached hydrogens (tertiary/aromatic N) is 3. The predicted octanol–water partition coefficient (Wildman–Crippen LogP) is 6.78. The van der Waals surface area contributed by atoms with Gasteiger partial charge in [-0.1, -0.05) is 13.8 Å². The van der Waals surface area contributed by atoms with Crippen molar-refractivity contribution in [1.82, 2.24) is 14.9 Å². The van der Waals surface area contributed by atoms with Crippen LogP contribution in [0.25, 0.3) is 11.3 Å². The van der Waals surface area contributed by atoms with Crippen molar-refractivity contribution in [2.45, 2.75) is 65.2 Å². The van der Waals surface area contributed by atoms with Crippen LogP contribution in [0, 0.1) is 5.92 Å². The zero-order valence-electron chi connectivity index (χ0n) is 19.5. The highest BCUT2D eigenvalue weighted by Gasteiger charge is 2.44. The molecule has 1 aromatic carbocycles. The van der Waals surface area contributed by atoms with Gasteiger partial charge in [0.25, 0.3) is 0 Å². The highest BCUT2D eigenvalue weighted by atomic mass is 35.5. The van der Waals surface area contributed by atoms with Gasteiger partial charge in [0.05, 0.1) is 16.8 Å². The molecule has 182 valence electrons. The van der Waals surface area contributed by atoms with Crippen LogP contribution in [-0.2, 0) is 6.18 Å². The van der Waals surface area contributed by atoms with E-state index in [4.69, 9.17) is 16.3 Å². The van der Waals surface area contributed by atoms with E-state index in [2.05, 4.69) is 9.97 Å². The maximum absolute atomic E-state index is 13.9. The quantitative estimate of drug-likeness (QED) is 0.436. The number of halogens is 4. The van der Waals surface area contributed by atoms with Gasteiger partial charge in [-0.05, 0) is 75.9 Å². The molecule has 1 amide bonds. The number of carbonyl (C=O) groups is 1. The van der Waals surface area contributed by atoms with Crippen LogP contribution in [0.1, 0.15) is 53.5 Å². The maximum atomic E-state index is 13.9. The van der Waals surface area contributed by atoms with Gasteiger partial charge >= 0.3 is 12.3 Å². The van der Waals surface area contributed by atoms with Crippen LogP contribution < -0.4 is 4.74 Å². The maximum Gasteiger partial charge on any atom is 0.419 e. The van der Waals surface area contributed by atoms with Crippen LogP contribution in [0.2, 0.25) is 5.28 Å². The second-order valence-corrected chi connectivity index (χ2v) is 9.93. The fraction of sp³-hybridized carbons (Fsp3) is 0.522. The minimum atomic E-state index is -4.70. The Morgan fingerprint density at radius 3 is 2.30 bits per heavy atom. The summed E-state index contributed by atoms with van der Waals surface area (Å²) in [6.07, 6.45) is -4.11. The molecular weight excluding hydrogens is 459 g/mol. The number of hydrogen-bond donors (Lipinski definition) is 1. The van der Waals surface area contributed by atoms with Crippen molar-refractivity contribution in [3.63, 3.8) is 0 Å². The topological polar surface area (TPSA) is 75.6 Å². The summed E-state index contributed by atoms with van der Waals surface area (Å²) in [6, 6.07) is 5.05. The fourth-order valence-corrected chi connectivity index (χ4v) is 4.33. The fourth-order valence-electron chi connectivity index (χ4n) is 4.19. The summed E-state index contributed by atoms with van der Waals surface area (Å²) in [4.78, 5) is 21.1. The Labute approximate surface area is 196 Å². The smallest absolute Gasteiger partial charge is 0.419 e. The SMILES string of the molecule is CC(C)C[C@@](C)(COc1ccc(-c2ccnc(Cl)n2)cc1C(F)(F)F)N(C(=O)O)C(C)(C)C. The van der Waals surface area contributed by atoms with E-state index in [9.17, 15) is 23.1 Å². The molecule has 6 nitrogen and oxygen atoms in total. The molecule has 1 heterocycles. The van der Waals surface area contributed by atoms with Crippen LogP contribution in [0.3, 0.4) is 0 Å². The van der Waals surface area contributed by atoms with Crippen molar-refractivity contribution in [1.29, 1.82) is 0 Å². The van der Waals surface area contributed by atoms with Gasteiger partial charge in [-0.2, -0.15) is 13.2 Å². The first-order valence-corrected chi connectivity index (χ1v) is 10.8. The molecule has 1 N–H and O–H groups in total. The molecule has 1 aromatic heterocycles. The number of carboxylic acid groups (broad SMARTS) is 1. The van der Waals surface area contributed by atoms with E-state index in [1.807, 2.05) is 13.8 Å². The molecule has 0 saturated heterocycles. The van der Waals surface area contributed by atoms with Crippen molar-refractivity contribution in [3.8, 4) is 17.0 Å². The summed E-state index contributed by atoms with van der Waals surface area (Å²) < 4.78 is 47.3. The Morgan fingerprint density at radius 2 is 1.82 bits per heavy atom. The molecule has 0 spiro atoms. The van der Waals surface area contributed by atoms with Crippen molar-refractivity contribution >= 4 is 17.7 Å².